The van der Waals surface area contributed by atoms with Crippen LogP contribution in [0.25, 0.3) is 0 Å². The molecule has 0 saturated heterocycles. The molecule has 0 unspecified atom stereocenters. The summed E-state index contributed by atoms with van der Waals surface area (Å²) < 4.78 is 0. The Morgan fingerprint density at radius 2 is 1.82 bits per heavy atom. The van der Waals surface area contributed by atoms with Crippen molar-refractivity contribution in [3.63, 3.8) is 0 Å². The molecule has 102 valence electrons. The van der Waals surface area contributed by atoms with E-state index in [9.17, 15) is 4.79 Å². The summed E-state index contributed by atoms with van der Waals surface area (Å²) in [6.07, 6.45) is 4.94. The fourth-order valence-corrected chi connectivity index (χ4v) is 1.45. The van der Waals surface area contributed by atoms with Crippen LogP contribution in [0.5, 0.6) is 0 Å². The molecule has 0 saturated carbocycles. The number of ketones is 1. The fourth-order valence-electron chi connectivity index (χ4n) is 1.45. The SMILES string of the molecule is CCCCC(=O)C[C@@H](CCC)OOC(C)(C)C. The van der Waals surface area contributed by atoms with Crippen LogP contribution in [0.2, 0.25) is 0 Å². The van der Waals surface area contributed by atoms with Crippen LogP contribution in [0, 0.1) is 0 Å². The molecule has 0 N–H and O–H groups in total. The van der Waals surface area contributed by atoms with E-state index in [-0.39, 0.29) is 17.5 Å². The number of carbonyl (C=O) groups excluding carboxylic acids is 1. The Balaban J connectivity index is 4.01. The minimum atomic E-state index is -0.321. The lowest BCUT2D eigenvalue weighted by molar-refractivity contribution is -0.373. The Morgan fingerprint density at radius 1 is 1.18 bits per heavy atom. The fraction of sp³-hybridized carbons (Fsp3) is 0.929. The summed E-state index contributed by atoms with van der Waals surface area (Å²) >= 11 is 0. The highest BCUT2D eigenvalue weighted by atomic mass is 17.2. The van der Waals surface area contributed by atoms with Gasteiger partial charge in [-0.3, -0.25) is 4.79 Å². The third-order valence-corrected chi connectivity index (χ3v) is 2.31. The van der Waals surface area contributed by atoms with Crippen LogP contribution in [0.4, 0.5) is 0 Å². The minimum absolute atomic E-state index is 0.0939. The maximum Gasteiger partial charge on any atom is 0.135 e. The van der Waals surface area contributed by atoms with Crippen LogP contribution in [0.15, 0.2) is 0 Å². The van der Waals surface area contributed by atoms with Gasteiger partial charge in [0.05, 0.1) is 11.7 Å². The second-order valence-corrected chi connectivity index (χ2v) is 5.55. The lowest BCUT2D eigenvalue weighted by Gasteiger charge is -2.22. The van der Waals surface area contributed by atoms with Gasteiger partial charge in [-0.15, -0.1) is 0 Å². The van der Waals surface area contributed by atoms with Crippen LogP contribution >= 0.6 is 0 Å². The third-order valence-electron chi connectivity index (χ3n) is 2.31. The molecule has 0 rings (SSSR count). The van der Waals surface area contributed by atoms with Crippen LogP contribution < -0.4 is 0 Å². The van der Waals surface area contributed by atoms with Crippen LogP contribution in [-0.4, -0.2) is 17.5 Å². The van der Waals surface area contributed by atoms with E-state index in [1.54, 1.807) is 0 Å². The Labute approximate surface area is 106 Å². The van der Waals surface area contributed by atoms with E-state index in [0.717, 1.165) is 25.7 Å². The molecule has 1 atom stereocenters. The van der Waals surface area contributed by atoms with E-state index in [1.165, 1.54) is 0 Å². The molecule has 0 aromatic carbocycles. The molecule has 0 aliphatic heterocycles. The first-order valence-corrected chi connectivity index (χ1v) is 6.75. The van der Waals surface area contributed by atoms with Gasteiger partial charge >= 0.3 is 0 Å². The second kappa shape index (κ2) is 8.65. The number of carbonyl (C=O) groups is 1. The molecule has 0 radical (unpaired) electrons. The van der Waals surface area contributed by atoms with Gasteiger partial charge in [0.25, 0.3) is 0 Å². The normalized spacial score (nSPS) is 13.7. The molecule has 17 heavy (non-hydrogen) atoms. The Morgan fingerprint density at radius 3 is 2.29 bits per heavy atom. The zero-order valence-electron chi connectivity index (χ0n) is 12.0. The Kier molecular flexibility index (Phi) is 8.44. The molecule has 3 nitrogen and oxygen atoms in total. The number of unbranched alkanes of at least 4 members (excludes halogenated alkanes) is 1. The monoisotopic (exact) mass is 244 g/mol. The first-order chi connectivity index (χ1) is 7.89. The van der Waals surface area contributed by atoms with Crippen molar-refractivity contribution in [3.8, 4) is 0 Å². The molecule has 0 amide bonds. The highest BCUT2D eigenvalue weighted by Crippen LogP contribution is 2.15. The summed E-state index contributed by atoms with van der Waals surface area (Å²) in [5.41, 5.74) is -0.321. The first-order valence-electron chi connectivity index (χ1n) is 6.75. The van der Waals surface area contributed by atoms with E-state index in [0.29, 0.717) is 12.8 Å². The molecule has 0 bridgehead atoms. The standard InChI is InChI=1S/C14H28O3/c1-6-8-10-12(15)11-13(9-7-2)16-17-14(3,4)5/h13H,6-11H2,1-5H3/t13-/m1/s1. The highest BCUT2D eigenvalue weighted by molar-refractivity contribution is 5.78. The van der Waals surface area contributed by atoms with Gasteiger partial charge in [0.1, 0.15) is 5.78 Å². The van der Waals surface area contributed by atoms with Crippen molar-refractivity contribution in [2.24, 2.45) is 0 Å². The largest absolute Gasteiger partial charge is 0.300 e. The number of hydrogen-bond donors (Lipinski definition) is 0. The average Bonchev–Trinajstić information content (AvgIpc) is 2.22. The van der Waals surface area contributed by atoms with E-state index >= 15 is 0 Å². The van der Waals surface area contributed by atoms with Gasteiger partial charge in [-0.25, -0.2) is 9.78 Å². The maximum atomic E-state index is 11.7. The maximum absolute atomic E-state index is 11.7. The van der Waals surface area contributed by atoms with Crippen molar-refractivity contribution < 1.29 is 14.6 Å². The van der Waals surface area contributed by atoms with Crippen LogP contribution in [-0.2, 0) is 14.6 Å². The highest BCUT2D eigenvalue weighted by Gasteiger charge is 2.19. The van der Waals surface area contributed by atoms with E-state index in [1.807, 2.05) is 20.8 Å². The topological polar surface area (TPSA) is 35.5 Å². The predicted octanol–water partition coefficient (Wildman–Crippen LogP) is 4.05. The van der Waals surface area contributed by atoms with E-state index < -0.39 is 0 Å². The lowest BCUT2D eigenvalue weighted by Crippen LogP contribution is -2.26. The molecular formula is C14H28O3. The number of hydrogen-bond acceptors (Lipinski definition) is 3. The van der Waals surface area contributed by atoms with Gasteiger partial charge in [0, 0.05) is 12.8 Å². The predicted molar refractivity (Wildman–Crippen MR) is 69.8 cm³/mol. The molecule has 0 aromatic heterocycles. The average molecular weight is 244 g/mol. The molecule has 0 spiro atoms. The molecule has 3 heteroatoms. The third kappa shape index (κ3) is 10.5. The van der Waals surface area contributed by atoms with Crippen molar-refractivity contribution in [1.29, 1.82) is 0 Å². The van der Waals surface area contributed by atoms with E-state index in [2.05, 4.69) is 13.8 Å². The number of rotatable bonds is 9. The van der Waals surface area contributed by atoms with E-state index in [4.69, 9.17) is 9.78 Å². The second-order valence-electron chi connectivity index (χ2n) is 5.55. The Bertz CT molecular complexity index is 206. The Hall–Kier alpha value is -0.410. The quantitative estimate of drug-likeness (QED) is 0.453. The smallest absolute Gasteiger partial charge is 0.135 e. The van der Waals surface area contributed by atoms with Gasteiger partial charge in [-0.05, 0) is 33.6 Å². The molecule has 0 aliphatic carbocycles. The molecule has 0 aliphatic rings. The molecular weight excluding hydrogens is 216 g/mol. The summed E-state index contributed by atoms with van der Waals surface area (Å²) in [6, 6.07) is 0. The van der Waals surface area contributed by atoms with Crippen molar-refractivity contribution in [1.82, 2.24) is 0 Å². The van der Waals surface area contributed by atoms with Crippen LogP contribution in [0.1, 0.15) is 73.1 Å². The zero-order valence-corrected chi connectivity index (χ0v) is 12.0. The van der Waals surface area contributed by atoms with Gasteiger partial charge in [0.15, 0.2) is 0 Å². The summed E-state index contributed by atoms with van der Waals surface area (Å²) in [7, 11) is 0. The zero-order chi connectivity index (χ0) is 13.3. The summed E-state index contributed by atoms with van der Waals surface area (Å²) in [5.74, 6) is 0.280. The van der Waals surface area contributed by atoms with Gasteiger partial charge in [0.2, 0.25) is 0 Å². The molecule has 0 fully saturated rings. The van der Waals surface area contributed by atoms with Gasteiger partial charge in [-0.2, -0.15) is 0 Å². The van der Waals surface area contributed by atoms with Crippen molar-refractivity contribution in [2.75, 3.05) is 0 Å². The van der Waals surface area contributed by atoms with Gasteiger partial charge < -0.3 is 0 Å². The van der Waals surface area contributed by atoms with Crippen molar-refractivity contribution in [2.45, 2.75) is 84.8 Å². The summed E-state index contributed by atoms with van der Waals surface area (Å²) in [6.45, 7) is 10.00. The summed E-state index contributed by atoms with van der Waals surface area (Å²) in [4.78, 5) is 22.4. The van der Waals surface area contributed by atoms with Crippen molar-refractivity contribution in [3.05, 3.63) is 0 Å². The first kappa shape index (κ1) is 16.6. The molecule has 0 heterocycles. The summed E-state index contributed by atoms with van der Waals surface area (Å²) in [5, 5.41) is 0. The lowest BCUT2D eigenvalue weighted by atomic mass is 10.0. The van der Waals surface area contributed by atoms with Gasteiger partial charge in [-0.1, -0.05) is 26.7 Å². The van der Waals surface area contributed by atoms with Crippen molar-refractivity contribution >= 4 is 5.78 Å². The van der Waals surface area contributed by atoms with Crippen LogP contribution in [0.3, 0.4) is 0 Å². The number of Topliss-reactive ketones (excluding diaryl/α,β-unsaturated/α-hetero) is 1. The minimum Gasteiger partial charge on any atom is -0.300 e. The molecule has 0 aromatic rings.